The summed E-state index contributed by atoms with van der Waals surface area (Å²) in [7, 11) is 1.20. The molecule has 0 saturated heterocycles. The van der Waals surface area contributed by atoms with Gasteiger partial charge in [0.25, 0.3) is 0 Å². The smallest absolute Gasteiger partial charge is 0.357 e. The second-order valence-corrected chi connectivity index (χ2v) is 5.34. The molecule has 2 aromatic rings. The highest BCUT2D eigenvalue weighted by Gasteiger charge is 2.24. The van der Waals surface area contributed by atoms with Gasteiger partial charge in [-0.15, -0.1) is 0 Å². The minimum absolute atomic E-state index is 0.0208. The Morgan fingerprint density at radius 2 is 1.96 bits per heavy atom. The molecule has 116 valence electrons. The highest BCUT2D eigenvalue weighted by Crippen LogP contribution is 2.34. The molecule has 0 amide bonds. The fourth-order valence-electron chi connectivity index (χ4n) is 2.13. The number of nitrogen functional groups attached to an aromatic ring is 1. The number of carbonyl (C=O) groups excluding carboxylic acids is 1. The number of aromatic nitrogens is 1. The van der Waals surface area contributed by atoms with E-state index in [0.717, 1.165) is 0 Å². The van der Waals surface area contributed by atoms with Gasteiger partial charge in [0.15, 0.2) is 5.69 Å². The first-order valence-corrected chi connectivity index (χ1v) is 7.04. The van der Waals surface area contributed by atoms with Crippen LogP contribution in [-0.2, 0) is 11.2 Å². The molecule has 2 N–H and O–H groups in total. The van der Waals surface area contributed by atoms with Gasteiger partial charge in [-0.2, -0.15) is 10.5 Å². The van der Waals surface area contributed by atoms with Crippen LogP contribution in [-0.4, -0.2) is 17.6 Å². The van der Waals surface area contributed by atoms with Crippen LogP contribution in [0, 0.1) is 22.7 Å². The average Bonchev–Trinajstić information content (AvgIpc) is 2.82. The van der Waals surface area contributed by atoms with Gasteiger partial charge in [0.1, 0.15) is 6.07 Å². The lowest BCUT2D eigenvalue weighted by Crippen LogP contribution is -2.11. The molecule has 0 atom stereocenters. The van der Waals surface area contributed by atoms with Crippen LogP contribution in [0.15, 0.2) is 18.3 Å². The molecule has 1 aromatic heterocycles. The molecule has 8 heteroatoms. The van der Waals surface area contributed by atoms with Crippen LogP contribution in [0.3, 0.4) is 0 Å². The molecule has 23 heavy (non-hydrogen) atoms. The van der Waals surface area contributed by atoms with Gasteiger partial charge in [-0.3, -0.25) is 0 Å². The molecule has 0 saturated carbocycles. The second-order valence-electron chi connectivity index (χ2n) is 4.52. The maximum atomic E-state index is 12.0. The topological polar surface area (TPSA) is 105 Å². The highest BCUT2D eigenvalue weighted by molar-refractivity contribution is 6.38. The molecule has 0 aliphatic heterocycles. The number of methoxy groups -OCH3 is 1. The van der Waals surface area contributed by atoms with Gasteiger partial charge in [-0.05, 0) is 17.7 Å². The zero-order valence-electron chi connectivity index (χ0n) is 11.9. The number of benzene rings is 1. The number of hydrogen-bond acceptors (Lipinski definition) is 5. The van der Waals surface area contributed by atoms with E-state index in [4.69, 9.17) is 44.2 Å². The van der Waals surface area contributed by atoms with Gasteiger partial charge in [0, 0.05) is 6.20 Å². The van der Waals surface area contributed by atoms with Crippen LogP contribution < -0.4 is 5.73 Å². The fourth-order valence-corrected chi connectivity index (χ4v) is 2.85. The summed E-state index contributed by atoms with van der Waals surface area (Å²) >= 11 is 12.5. The molecule has 0 fully saturated rings. The van der Waals surface area contributed by atoms with E-state index in [-0.39, 0.29) is 39.1 Å². The van der Waals surface area contributed by atoms with Crippen molar-refractivity contribution in [2.75, 3.05) is 12.8 Å². The molecule has 0 bridgehead atoms. The Labute approximate surface area is 142 Å². The molecule has 0 aliphatic rings. The van der Waals surface area contributed by atoms with Crippen molar-refractivity contribution in [1.82, 2.24) is 4.57 Å². The van der Waals surface area contributed by atoms with Crippen LogP contribution in [0.5, 0.6) is 0 Å². The normalized spacial score (nSPS) is 9.96. The Balaban J connectivity index is 2.75. The Kier molecular flexibility index (Phi) is 4.80. The summed E-state index contributed by atoms with van der Waals surface area (Å²) in [6, 6.07) is 7.02. The maximum absolute atomic E-state index is 12.0. The third kappa shape index (κ3) is 2.95. The molecule has 1 aromatic carbocycles. The van der Waals surface area contributed by atoms with E-state index in [9.17, 15) is 4.79 Å². The summed E-state index contributed by atoms with van der Waals surface area (Å²) in [5.74, 6) is -0.725. The Hall–Kier alpha value is -2.67. The first-order valence-electron chi connectivity index (χ1n) is 6.29. The first-order chi connectivity index (χ1) is 10.9. The van der Waals surface area contributed by atoms with Crippen LogP contribution in [0.2, 0.25) is 10.0 Å². The van der Waals surface area contributed by atoms with Crippen molar-refractivity contribution >= 4 is 34.9 Å². The standard InChI is InChI=1S/C15H10Cl2N4O2/c1-23-15(22)14-12(20)9(6-19)7-21(14)13-10(16)4-8(2-3-18)5-11(13)17/h4-5,7H,2,20H2,1H3. The summed E-state index contributed by atoms with van der Waals surface area (Å²) < 4.78 is 6.02. The van der Waals surface area contributed by atoms with Crippen molar-refractivity contribution in [3.63, 3.8) is 0 Å². The van der Waals surface area contributed by atoms with Crippen LogP contribution in [0.1, 0.15) is 21.6 Å². The van der Waals surface area contributed by atoms with E-state index < -0.39 is 5.97 Å². The van der Waals surface area contributed by atoms with Crippen molar-refractivity contribution in [1.29, 1.82) is 10.5 Å². The van der Waals surface area contributed by atoms with Crippen molar-refractivity contribution in [3.05, 3.63) is 45.2 Å². The summed E-state index contributed by atoms with van der Waals surface area (Å²) in [4.78, 5) is 12.0. The third-order valence-corrected chi connectivity index (χ3v) is 3.72. The fraction of sp³-hybridized carbons (Fsp3) is 0.133. The molecule has 0 spiro atoms. The van der Waals surface area contributed by atoms with E-state index in [1.807, 2.05) is 12.1 Å². The summed E-state index contributed by atoms with van der Waals surface area (Å²) in [5, 5.41) is 18.3. The number of ether oxygens (including phenoxy) is 1. The van der Waals surface area contributed by atoms with E-state index in [0.29, 0.717) is 5.56 Å². The zero-order chi connectivity index (χ0) is 17.1. The number of nitriles is 2. The van der Waals surface area contributed by atoms with Crippen LogP contribution in [0.25, 0.3) is 5.69 Å². The van der Waals surface area contributed by atoms with Crippen molar-refractivity contribution in [3.8, 4) is 17.8 Å². The lowest BCUT2D eigenvalue weighted by atomic mass is 10.1. The Bertz CT molecular complexity index is 852. The van der Waals surface area contributed by atoms with Gasteiger partial charge in [0.05, 0.1) is 46.6 Å². The molecular formula is C15H10Cl2N4O2. The molecular weight excluding hydrogens is 339 g/mol. The molecule has 1 heterocycles. The van der Waals surface area contributed by atoms with Crippen molar-refractivity contribution < 1.29 is 9.53 Å². The number of nitrogens with zero attached hydrogens (tertiary/aromatic N) is 3. The molecule has 0 unspecified atom stereocenters. The quantitative estimate of drug-likeness (QED) is 0.858. The number of halogens is 2. The van der Waals surface area contributed by atoms with Gasteiger partial charge in [-0.25, -0.2) is 4.79 Å². The Morgan fingerprint density at radius 3 is 2.43 bits per heavy atom. The first kappa shape index (κ1) is 16.7. The van der Waals surface area contributed by atoms with Crippen molar-refractivity contribution in [2.45, 2.75) is 6.42 Å². The van der Waals surface area contributed by atoms with E-state index in [1.165, 1.54) is 17.9 Å². The van der Waals surface area contributed by atoms with E-state index in [2.05, 4.69) is 0 Å². The van der Waals surface area contributed by atoms with Gasteiger partial charge >= 0.3 is 5.97 Å². The highest BCUT2D eigenvalue weighted by atomic mass is 35.5. The maximum Gasteiger partial charge on any atom is 0.357 e. The number of anilines is 1. The lowest BCUT2D eigenvalue weighted by Gasteiger charge is -2.13. The number of esters is 1. The average molecular weight is 349 g/mol. The molecule has 2 rings (SSSR count). The third-order valence-electron chi connectivity index (χ3n) is 3.14. The SMILES string of the molecule is COC(=O)c1c(N)c(C#N)cn1-c1c(Cl)cc(CC#N)cc1Cl. The van der Waals surface area contributed by atoms with Gasteiger partial charge in [-0.1, -0.05) is 23.2 Å². The molecule has 0 radical (unpaired) electrons. The van der Waals surface area contributed by atoms with E-state index in [1.54, 1.807) is 12.1 Å². The minimum Gasteiger partial charge on any atom is -0.464 e. The Morgan fingerprint density at radius 1 is 1.35 bits per heavy atom. The number of hydrogen-bond donors (Lipinski definition) is 1. The van der Waals surface area contributed by atoms with Crippen LogP contribution in [0.4, 0.5) is 5.69 Å². The molecule has 0 aliphatic carbocycles. The minimum atomic E-state index is -0.725. The predicted octanol–water partition coefficient (Wildman–Crippen LogP) is 3.09. The zero-order valence-corrected chi connectivity index (χ0v) is 13.4. The van der Waals surface area contributed by atoms with Crippen molar-refractivity contribution in [2.24, 2.45) is 0 Å². The van der Waals surface area contributed by atoms with Gasteiger partial charge in [0.2, 0.25) is 0 Å². The lowest BCUT2D eigenvalue weighted by molar-refractivity contribution is 0.0593. The largest absolute Gasteiger partial charge is 0.464 e. The van der Waals surface area contributed by atoms with E-state index >= 15 is 0 Å². The summed E-state index contributed by atoms with van der Waals surface area (Å²) in [6.45, 7) is 0. The summed E-state index contributed by atoms with van der Waals surface area (Å²) in [6.07, 6.45) is 1.50. The number of carbonyl (C=O) groups is 1. The molecule has 6 nitrogen and oxygen atoms in total. The van der Waals surface area contributed by atoms with Gasteiger partial charge < -0.3 is 15.0 Å². The number of nitrogens with two attached hydrogens (primary N) is 1. The predicted molar refractivity (Wildman–Crippen MR) is 85.6 cm³/mol. The number of rotatable bonds is 3. The second kappa shape index (κ2) is 6.62. The summed E-state index contributed by atoms with van der Waals surface area (Å²) in [5.41, 5.74) is 6.78. The monoisotopic (exact) mass is 348 g/mol. The van der Waals surface area contributed by atoms with Crippen LogP contribution >= 0.6 is 23.2 Å².